The van der Waals surface area contributed by atoms with Crippen molar-refractivity contribution in [3.63, 3.8) is 0 Å². The number of ether oxygens (including phenoxy) is 2. The van der Waals surface area contributed by atoms with E-state index in [-0.39, 0.29) is 0 Å². The predicted molar refractivity (Wildman–Crippen MR) is 102 cm³/mol. The number of carbonyl (C=O) groups is 2. The third-order valence-electron chi connectivity index (χ3n) is 4.49. The smallest absolute Gasteiger partial charge is 0.330 e. The van der Waals surface area contributed by atoms with Gasteiger partial charge in [0.05, 0.1) is 14.2 Å². The molecule has 2 aromatic carbocycles. The number of benzene rings is 2. The molecule has 1 amide bonds. The molecule has 2 atom stereocenters. The average Bonchev–Trinajstić information content (AvgIpc) is 2.67. The van der Waals surface area contributed by atoms with Crippen LogP contribution < -0.4 is 14.8 Å². The van der Waals surface area contributed by atoms with Crippen molar-refractivity contribution in [3.05, 3.63) is 58.9 Å². The van der Waals surface area contributed by atoms with Gasteiger partial charge in [-0.3, -0.25) is 4.79 Å². The van der Waals surface area contributed by atoms with Crippen molar-refractivity contribution >= 4 is 11.9 Å². The van der Waals surface area contributed by atoms with Crippen LogP contribution in [-0.2, 0) is 16.0 Å². The lowest BCUT2D eigenvalue weighted by atomic mass is 9.98. The minimum absolute atomic E-state index is 0.316. The van der Waals surface area contributed by atoms with Gasteiger partial charge < -0.3 is 19.9 Å². The molecule has 0 aliphatic heterocycles. The van der Waals surface area contributed by atoms with Crippen molar-refractivity contribution in [1.82, 2.24) is 5.32 Å². The molecule has 2 rings (SSSR count). The summed E-state index contributed by atoms with van der Waals surface area (Å²) in [5.41, 5.74) is 1.49. The molecule has 28 heavy (non-hydrogen) atoms. The molecular weight excluding hydrogens is 365 g/mol. The SMILES string of the molecule is COc1ccc(CC(C)C(=O)NC(C(=O)O)c2ccc(F)c(C)c2)cc1OC. The first-order valence-electron chi connectivity index (χ1n) is 8.77. The van der Waals surface area contributed by atoms with Gasteiger partial charge in [-0.25, -0.2) is 9.18 Å². The van der Waals surface area contributed by atoms with Crippen LogP contribution in [0.2, 0.25) is 0 Å². The highest BCUT2D eigenvalue weighted by Gasteiger charge is 2.25. The highest BCUT2D eigenvalue weighted by atomic mass is 19.1. The van der Waals surface area contributed by atoms with Crippen LogP contribution in [0, 0.1) is 18.7 Å². The van der Waals surface area contributed by atoms with E-state index in [0.29, 0.717) is 29.0 Å². The molecule has 6 nitrogen and oxygen atoms in total. The standard InChI is InChI=1S/C21H24FNO5/c1-12-10-15(6-7-16(12)22)19(21(25)26)23-20(24)13(2)9-14-5-8-17(27-3)18(11-14)28-4/h5-8,10-11,13,19H,9H2,1-4H3,(H,23,24)(H,25,26). The summed E-state index contributed by atoms with van der Waals surface area (Å²) in [5.74, 6) is -1.40. The second-order valence-corrected chi connectivity index (χ2v) is 6.58. The van der Waals surface area contributed by atoms with E-state index in [2.05, 4.69) is 5.32 Å². The summed E-state index contributed by atoms with van der Waals surface area (Å²) in [6, 6.07) is 8.08. The van der Waals surface area contributed by atoms with Gasteiger partial charge in [-0.1, -0.05) is 25.1 Å². The first-order chi connectivity index (χ1) is 13.3. The zero-order valence-electron chi connectivity index (χ0n) is 16.3. The summed E-state index contributed by atoms with van der Waals surface area (Å²) >= 11 is 0. The molecule has 0 aliphatic carbocycles. The van der Waals surface area contributed by atoms with Crippen LogP contribution in [0.1, 0.15) is 29.7 Å². The molecule has 7 heteroatoms. The minimum atomic E-state index is -1.25. The number of hydrogen-bond acceptors (Lipinski definition) is 4. The maximum atomic E-state index is 13.5. The van der Waals surface area contributed by atoms with E-state index in [1.807, 2.05) is 6.07 Å². The van der Waals surface area contributed by atoms with Crippen LogP contribution in [0.3, 0.4) is 0 Å². The normalized spacial score (nSPS) is 12.8. The molecule has 0 bridgehead atoms. The molecule has 2 N–H and O–H groups in total. The number of rotatable bonds is 8. The fraction of sp³-hybridized carbons (Fsp3) is 0.333. The Hall–Kier alpha value is -3.09. The lowest BCUT2D eigenvalue weighted by molar-refractivity contribution is -0.142. The topological polar surface area (TPSA) is 84.9 Å². The Bertz CT molecular complexity index is 868. The van der Waals surface area contributed by atoms with Gasteiger partial charge in [0.15, 0.2) is 17.5 Å². The number of hydrogen-bond donors (Lipinski definition) is 2. The van der Waals surface area contributed by atoms with Gasteiger partial charge in [-0.05, 0) is 48.2 Å². The van der Waals surface area contributed by atoms with E-state index in [4.69, 9.17) is 9.47 Å². The number of methoxy groups -OCH3 is 2. The van der Waals surface area contributed by atoms with E-state index in [1.54, 1.807) is 26.0 Å². The van der Waals surface area contributed by atoms with Crippen LogP contribution >= 0.6 is 0 Å². The fourth-order valence-corrected chi connectivity index (χ4v) is 2.87. The molecule has 0 radical (unpaired) electrons. The third-order valence-corrected chi connectivity index (χ3v) is 4.49. The van der Waals surface area contributed by atoms with Crippen molar-refractivity contribution in [2.45, 2.75) is 26.3 Å². The Morgan fingerprint density at radius 1 is 1.11 bits per heavy atom. The number of carboxylic acid groups (broad SMARTS) is 1. The lowest BCUT2D eigenvalue weighted by Gasteiger charge is -2.19. The maximum Gasteiger partial charge on any atom is 0.330 e. The molecule has 0 heterocycles. The summed E-state index contributed by atoms with van der Waals surface area (Å²) in [6.45, 7) is 3.25. The van der Waals surface area contributed by atoms with Crippen LogP contribution in [0.5, 0.6) is 11.5 Å². The molecule has 0 fully saturated rings. The van der Waals surface area contributed by atoms with E-state index >= 15 is 0 Å². The zero-order valence-corrected chi connectivity index (χ0v) is 16.3. The summed E-state index contributed by atoms with van der Waals surface area (Å²) in [7, 11) is 3.07. The minimum Gasteiger partial charge on any atom is -0.493 e. The number of nitrogens with one attached hydrogen (secondary N) is 1. The van der Waals surface area contributed by atoms with Crippen LogP contribution in [0.15, 0.2) is 36.4 Å². The van der Waals surface area contributed by atoms with Gasteiger partial charge >= 0.3 is 5.97 Å². The monoisotopic (exact) mass is 389 g/mol. The number of amides is 1. The van der Waals surface area contributed by atoms with E-state index < -0.39 is 29.7 Å². The maximum absolute atomic E-state index is 13.5. The van der Waals surface area contributed by atoms with Crippen LogP contribution in [0.25, 0.3) is 0 Å². The second-order valence-electron chi connectivity index (χ2n) is 6.58. The summed E-state index contributed by atoms with van der Waals surface area (Å²) in [5, 5.41) is 12.0. The Labute approximate surface area is 163 Å². The largest absolute Gasteiger partial charge is 0.493 e. The molecule has 0 saturated heterocycles. The molecule has 0 saturated carbocycles. The number of aliphatic carboxylic acids is 1. The van der Waals surface area contributed by atoms with Crippen molar-refractivity contribution in [3.8, 4) is 11.5 Å². The van der Waals surface area contributed by atoms with E-state index in [9.17, 15) is 19.1 Å². The van der Waals surface area contributed by atoms with Crippen molar-refractivity contribution in [2.24, 2.45) is 5.92 Å². The molecule has 2 aromatic rings. The van der Waals surface area contributed by atoms with Gasteiger partial charge in [-0.15, -0.1) is 0 Å². The first-order valence-corrected chi connectivity index (χ1v) is 8.77. The van der Waals surface area contributed by atoms with E-state index in [0.717, 1.165) is 5.56 Å². The molecule has 0 spiro atoms. The van der Waals surface area contributed by atoms with E-state index in [1.165, 1.54) is 32.4 Å². The molecule has 2 unspecified atom stereocenters. The van der Waals surface area contributed by atoms with Crippen molar-refractivity contribution < 1.29 is 28.6 Å². The molecular formula is C21H24FNO5. The lowest BCUT2D eigenvalue weighted by Crippen LogP contribution is -2.37. The Morgan fingerprint density at radius 2 is 1.79 bits per heavy atom. The van der Waals surface area contributed by atoms with Crippen molar-refractivity contribution in [1.29, 1.82) is 0 Å². The fourth-order valence-electron chi connectivity index (χ4n) is 2.87. The molecule has 0 aromatic heterocycles. The van der Waals surface area contributed by atoms with Gasteiger partial charge in [0.25, 0.3) is 0 Å². The van der Waals surface area contributed by atoms with Gasteiger partial charge in [0.2, 0.25) is 5.91 Å². The average molecular weight is 389 g/mol. The predicted octanol–water partition coefficient (Wildman–Crippen LogP) is 3.27. The number of carbonyl (C=O) groups excluding carboxylic acids is 1. The molecule has 0 aliphatic rings. The number of aryl methyl sites for hydroxylation is 1. The third kappa shape index (κ3) is 5.00. The Kier molecular flexibility index (Phi) is 6.98. The molecule has 150 valence electrons. The summed E-state index contributed by atoms with van der Waals surface area (Å²) < 4.78 is 23.9. The van der Waals surface area contributed by atoms with Crippen LogP contribution in [-0.4, -0.2) is 31.2 Å². The van der Waals surface area contributed by atoms with Crippen LogP contribution in [0.4, 0.5) is 4.39 Å². The first kappa shape index (κ1) is 21.2. The van der Waals surface area contributed by atoms with Gasteiger partial charge in [0.1, 0.15) is 5.82 Å². The zero-order chi connectivity index (χ0) is 20.8. The quantitative estimate of drug-likeness (QED) is 0.724. The second kappa shape index (κ2) is 9.21. The van der Waals surface area contributed by atoms with Crippen molar-refractivity contribution in [2.75, 3.05) is 14.2 Å². The Morgan fingerprint density at radius 3 is 2.36 bits per heavy atom. The summed E-state index contributed by atoms with van der Waals surface area (Å²) in [4.78, 5) is 24.2. The highest BCUT2D eigenvalue weighted by molar-refractivity contribution is 5.85. The number of halogens is 1. The van der Waals surface area contributed by atoms with Gasteiger partial charge in [0, 0.05) is 5.92 Å². The van der Waals surface area contributed by atoms with Gasteiger partial charge in [-0.2, -0.15) is 0 Å². The number of carboxylic acids is 1. The summed E-state index contributed by atoms with van der Waals surface area (Å²) in [6.07, 6.45) is 0.390. The Balaban J connectivity index is 2.13. The highest BCUT2D eigenvalue weighted by Crippen LogP contribution is 2.28.